The van der Waals surface area contributed by atoms with Gasteiger partial charge in [-0.1, -0.05) is 0 Å². The molecule has 0 bridgehead atoms. The first-order valence-corrected chi connectivity index (χ1v) is 2.19. The minimum atomic E-state index is -5.39. The van der Waals surface area contributed by atoms with Crippen LogP contribution in [0.25, 0.3) is 0 Å². The van der Waals surface area contributed by atoms with Gasteiger partial charge < -0.3 is 19.2 Å². The predicted octanol–water partition coefficient (Wildman–Crippen LogP) is -5.82. The molecular weight excluding hydrogens is 134 g/mol. The van der Waals surface area contributed by atoms with Crippen LogP contribution >= 0.6 is 7.82 Å². The van der Waals surface area contributed by atoms with Gasteiger partial charge in [-0.15, -0.1) is 0 Å². The quantitative estimate of drug-likeness (QED) is 0.244. The number of phosphoric acid groups is 1. The van der Waals surface area contributed by atoms with Crippen molar-refractivity contribution in [1.82, 2.24) is 0 Å². The molecule has 7 heteroatoms. The molecule has 0 saturated carbocycles. The minimum absolute atomic E-state index is 0. The number of hydrogen-bond acceptors (Lipinski definition) is 4. The fourth-order valence-corrected chi connectivity index (χ4v) is 0. The third kappa shape index (κ3) is 161. The van der Waals surface area contributed by atoms with E-state index in [4.69, 9.17) is 19.2 Å². The Morgan fingerprint density at radius 1 is 1.14 bits per heavy atom. The van der Waals surface area contributed by atoms with Gasteiger partial charge >= 0.3 is 32.4 Å². The molecule has 0 aromatic heterocycles. The molecule has 36 valence electrons. The number of hydrogen-bond donors (Lipinski definition) is 0. The Morgan fingerprint density at radius 3 is 1.14 bits per heavy atom. The maximum absolute atomic E-state index is 8.55. The zero-order valence-corrected chi connectivity index (χ0v) is 5.20. The Morgan fingerprint density at radius 2 is 1.14 bits per heavy atom. The molecular formula is LiO4PS. The molecule has 0 aromatic carbocycles. The Labute approximate surface area is 59.8 Å². The summed E-state index contributed by atoms with van der Waals surface area (Å²) < 4.78 is 8.55. The van der Waals surface area contributed by atoms with E-state index in [1.165, 1.54) is 0 Å². The summed E-state index contributed by atoms with van der Waals surface area (Å²) >= 11 is 0. The third-order valence-corrected chi connectivity index (χ3v) is 0. The molecule has 0 atom stereocenters. The molecule has 0 rings (SSSR count). The second-order valence-corrected chi connectivity index (χ2v) is 1.34. The van der Waals surface area contributed by atoms with Crippen LogP contribution in [0, 0.1) is 0 Å². The zero-order valence-electron chi connectivity index (χ0n) is 3.49. The van der Waals surface area contributed by atoms with Gasteiger partial charge in [0.15, 0.2) is 0 Å². The van der Waals surface area contributed by atoms with E-state index in [0.29, 0.717) is 0 Å². The van der Waals surface area contributed by atoms with Crippen LogP contribution in [-0.2, 0) is 18.1 Å². The van der Waals surface area contributed by atoms with Crippen molar-refractivity contribution in [3.63, 3.8) is 0 Å². The van der Waals surface area contributed by atoms with Crippen LogP contribution in [-0.4, -0.2) is 0 Å². The van der Waals surface area contributed by atoms with Crippen LogP contribution < -0.4 is 33.5 Å². The SMILES string of the molecule is O=P([O-])([O-])[O-].[Li+].[S+2]. The van der Waals surface area contributed by atoms with Gasteiger partial charge in [0.25, 0.3) is 0 Å². The Kier molecular flexibility index (Phi) is 11.7. The first-order valence-electron chi connectivity index (χ1n) is 0.730. The molecule has 0 heterocycles. The predicted molar refractivity (Wildman–Crippen MR) is 15.0 cm³/mol. The van der Waals surface area contributed by atoms with E-state index in [0.717, 1.165) is 0 Å². The zero-order chi connectivity index (χ0) is 4.50. The van der Waals surface area contributed by atoms with E-state index in [-0.39, 0.29) is 32.4 Å². The van der Waals surface area contributed by atoms with Gasteiger partial charge in [-0.2, -0.15) is 7.82 Å². The molecule has 0 saturated heterocycles. The van der Waals surface area contributed by atoms with Gasteiger partial charge in [-0.05, 0) is 0 Å². The first-order chi connectivity index (χ1) is 2.00. The van der Waals surface area contributed by atoms with Crippen LogP contribution in [0.2, 0.25) is 0 Å². The summed E-state index contributed by atoms with van der Waals surface area (Å²) in [5.74, 6) is 0. The van der Waals surface area contributed by atoms with Gasteiger partial charge in [-0.3, -0.25) is 0 Å². The Balaban J connectivity index is -0.0000000800. The van der Waals surface area contributed by atoms with Gasteiger partial charge in [0.2, 0.25) is 0 Å². The van der Waals surface area contributed by atoms with Gasteiger partial charge in [0.1, 0.15) is 0 Å². The van der Waals surface area contributed by atoms with E-state index < -0.39 is 7.82 Å². The molecule has 0 spiro atoms. The molecule has 4 radical (unpaired) electrons. The van der Waals surface area contributed by atoms with Gasteiger partial charge in [-0.25, -0.2) is 0 Å². The van der Waals surface area contributed by atoms with E-state index in [1.807, 2.05) is 0 Å². The smallest absolute Gasteiger partial charge is 0.822 e. The molecule has 0 fully saturated rings. The molecule has 0 amide bonds. The topological polar surface area (TPSA) is 86.2 Å². The van der Waals surface area contributed by atoms with E-state index in [2.05, 4.69) is 0 Å². The Bertz CT molecular complexity index is 57.8. The molecule has 0 aliphatic carbocycles. The molecule has 0 aliphatic heterocycles. The number of rotatable bonds is 0. The van der Waals surface area contributed by atoms with Crippen molar-refractivity contribution in [2.75, 3.05) is 0 Å². The molecule has 0 aromatic rings. The maximum atomic E-state index is 8.55. The van der Waals surface area contributed by atoms with Crippen LogP contribution in [0.3, 0.4) is 0 Å². The van der Waals surface area contributed by atoms with E-state index >= 15 is 0 Å². The van der Waals surface area contributed by atoms with Crippen molar-refractivity contribution in [2.45, 2.75) is 0 Å². The fourth-order valence-electron chi connectivity index (χ4n) is 0. The summed E-state index contributed by atoms with van der Waals surface area (Å²) in [4.78, 5) is 25.6. The largest absolute Gasteiger partial charge is 2.00 e. The van der Waals surface area contributed by atoms with Crippen LogP contribution in [0.4, 0.5) is 0 Å². The summed E-state index contributed by atoms with van der Waals surface area (Å²) in [7, 11) is -5.39. The monoisotopic (exact) mass is 134 g/mol. The Hall–Kier alpha value is 1.06. The van der Waals surface area contributed by atoms with Crippen molar-refractivity contribution in [3.05, 3.63) is 0 Å². The standard InChI is InChI=1S/Li.H3O4P.S/c;1-5(2,3)4;/h;(H3,1,2,3,4);/q+1;;+2/p-3. The summed E-state index contributed by atoms with van der Waals surface area (Å²) in [6, 6.07) is 0. The van der Waals surface area contributed by atoms with Crippen molar-refractivity contribution in [2.24, 2.45) is 0 Å². The second kappa shape index (κ2) is 5.20. The molecule has 0 unspecified atom stereocenters. The summed E-state index contributed by atoms with van der Waals surface area (Å²) in [6.07, 6.45) is 0. The minimum Gasteiger partial charge on any atom is -0.822 e. The van der Waals surface area contributed by atoms with Crippen LogP contribution in [0.1, 0.15) is 0 Å². The summed E-state index contributed by atoms with van der Waals surface area (Å²) in [5.41, 5.74) is 0. The third-order valence-electron chi connectivity index (χ3n) is 0. The maximum Gasteiger partial charge on any atom is 2.00 e. The van der Waals surface area contributed by atoms with Gasteiger partial charge in [0.05, 0.1) is 0 Å². The average Bonchev–Trinajstić information content (AvgIpc) is 0.722. The van der Waals surface area contributed by atoms with Crippen molar-refractivity contribution < 1.29 is 38.1 Å². The van der Waals surface area contributed by atoms with Crippen molar-refractivity contribution in [1.29, 1.82) is 0 Å². The normalized spacial score (nSPS) is 8.43. The average molecular weight is 134 g/mol. The van der Waals surface area contributed by atoms with E-state index in [1.54, 1.807) is 0 Å². The molecule has 0 N–H and O–H groups in total. The van der Waals surface area contributed by atoms with Crippen LogP contribution in [0.5, 0.6) is 0 Å². The van der Waals surface area contributed by atoms with Crippen LogP contribution in [0.15, 0.2) is 0 Å². The summed E-state index contributed by atoms with van der Waals surface area (Å²) in [5, 5.41) is 0. The first kappa shape index (κ1) is 15.7. The van der Waals surface area contributed by atoms with Crippen molar-refractivity contribution in [3.8, 4) is 0 Å². The second-order valence-electron chi connectivity index (χ2n) is 0.447. The molecule has 4 nitrogen and oxygen atoms in total. The summed E-state index contributed by atoms with van der Waals surface area (Å²) in [6.45, 7) is 0. The molecule has 0 aliphatic rings. The molecule has 7 heavy (non-hydrogen) atoms. The van der Waals surface area contributed by atoms with Crippen molar-refractivity contribution >= 4 is 21.3 Å². The fraction of sp³-hybridized carbons (Fsp3) is 0. The van der Waals surface area contributed by atoms with E-state index in [9.17, 15) is 0 Å². The van der Waals surface area contributed by atoms with Gasteiger partial charge in [0, 0.05) is 0 Å².